The molecule has 90 valence electrons. The number of likely N-dealkylation sites (tertiary alicyclic amines) is 1. The molecule has 0 aromatic rings. The Kier molecular flexibility index (Phi) is 5.62. The third-order valence-electron chi connectivity index (χ3n) is 3.76. The van der Waals surface area contributed by atoms with Crippen LogP contribution in [0.5, 0.6) is 0 Å². The fourth-order valence-corrected chi connectivity index (χ4v) is 2.46. The highest BCUT2D eigenvalue weighted by atomic mass is 15.1. The molecule has 0 saturated carbocycles. The largest absolute Gasteiger partial charge is 0.330 e. The lowest BCUT2D eigenvalue weighted by Crippen LogP contribution is -2.42. The van der Waals surface area contributed by atoms with E-state index in [1.165, 1.54) is 38.9 Å². The summed E-state index contributed by atoms with van der Waals surface area (Å²) in [7, 11) is 0. The van der Waals surface area contributed by atoms with Gasteiger partial charge in [-0.1, -0.05) is 20.8 Å². The van der Waals surface area contributed by atoms with Crippen molar-refractivity contribution in [1.29, 1.82) is 0 Å². The molecule has 0 bridgehead atoms. The standard InChI is InChI=1S/C13H28N2/c1-11(2)5-4-7-15-8-6-12(3)13(9-14)10-15/h11-13H,4-10,14H2,1-3H3. The molecular formula is C13H28N2. The minimum Gasteiger partial charge on any atom is -0.330 e. The van der Waals surface area contributed by atoms with Crippen molar-refractivity contribution >= 4 is 0 Å². The summed E-state index contributed by atoms with van der Waals surface area (Å²) in [6.07, 6.45) is 4.05. The molecule has 1 rings (SSSR count). The predicted octanol–water partition coefficient (Wildman–Crippen LogP) is 2.34. The summed E-state index contributed by atoms with van der Waals surface area (Å²) in [6, 6.07) is 0. The van der Waals surface area contributed by atoms with Gasteiger partial charge in [-0.2, -0.15) is 0 Å². The Bertz CT molecular complexity index is 168. The van der Waals surface area contributed by atoms with Crippen LogP contribution in [0.25, 0.3) is 0 Å². The lowest BCUT2D eigenvalue weighted by atomic mass is 9.87. The first-order valence-electron chi connectivity index (χ1n) is 6.56. The molecule has 0 radical (unpaired) electrons. The van der Waals surface area contributed by atoms with E-state index in [1.54, 1.807) is 0 Å². The van der Waals surface area contributed by atoms with E-state index >= 15 is 0 Å². The number of nitrogens with two attached hydrogens (primary N) is 1. The van der Waals surface area contributed by atoms with Crippen molar-refractivity contribution in [3.05, 3.63) is 0 Å². The molecule has 0 aromatic carbocycles. The van der Waals surface area contributed by atoms with E-state index < -0.39 is 0 Å². The summed E-state index contributed by atoms with van der Waals surface area (Å²) < 4.78 is 0. The minimum absolute atomic E-state index is 0.734. The summed E-state index contributed by atoms with van der Waals surface area (Å²) in [6.45, 7) is 11.6. The zero-order valence-corrected chi connectivity index (χ0v) is 10.7. The van der Waals surface area contributed by atoms with E-state index in [0.717, 1.165) is 24.3 Å². The fraction of sp³-hybridized carbons (Fsp3) is 1.00. The van der Waals surface area contributed by atoms with Crippen molar-refractivity contribution in [2.75, 3.05) is 26.2 Å². The van der Waals surface area contributed by atoms with Crippen molar-refractivity contribution in [2.45, 2.75) is 40.0 Å². The second-order valence-corrected chi connectivity index (χ2v) is 5.60. The minimum atomic E-state index is 0.734. The number of hydrogen-bond donors (Lipinski definition) is 1. The Morgan fingerprint density at radius 2 is 2.13 bits per heavy atom. The Morgan fingerprint density at radius 3 is 2.73 bits per heavy atom. The molecule has 1 saturated heterocycles. The van der Waals surface area contributed by atoms with Gasteiger partial charge in [0.2, 0.25) is 0 Å². The Labute approximate surface area is 95.2 Å². The molecule has 1 aliphatic heterocycles. The van der Waals surface area contributed by atoms with E-state index in [9.17, 15) is 0 Å². The van der Waals surface area contributed by atoms with Gasteiger partial charge in [-0.15, -0.1) is 0 Å². The van der Waals surface area contributed by atoms with Gasteiger partial charge < -0.3 is 10.6 Å². The van der Waals surface area contributed by atoms with Crippen molar-refractivity contribution in [1.82, 2.24) is 4.90 Å². The summed E-state index contributed by atoms with van der Waals surface area (Å²) in [5, 5.41) is 0. The average Bonchev–Trinajstić information content (AvgIpc) is 2.20. The van der Waals surface area contributed by atoms with Gasteiger partial charge in [0.1, 0.15) is 0 Å². The van der Waals surface area contributed by atoms with Gasteiger partial charge in [0, 0.05) is 6.54 Å². The van der Waals surface area contributed by atoms with Crippen molar-refractivity contribution in [3.63, 3.8) is 0 Å². The van der Waals surface area contributed by atoms with Crippen LogP contribution in [-0.2, 0) is 0 Å². The van der Waals surface area contributed by atoms with E-state index in [-0.39, 0.29) is 0 Å². The van der Waals surface area contributed by atoms with Gasteiger partial charge in [-0.05, 0) is 56.7 Å². The van der Waals surface area contributed by atoms with Crippen LogP contribution in [-0.4, -0.2) is 31.1 Å². The lowest BCUT2D eigenvalue weighted by Gasteiger charge is -2.36. The molecule has 1 heterocycles. The average molecular weight is 212 g/mol. The quantitative estimate of drug-likeness (QED) is 0.758. The van der Waals surface area contributed by atoms with Gasteiger partial charge in [0.05, 0.1) is 0 Å². The number of hydrogen-bond acceptors (Lipinski definition) is 2. The topological polar surface area (TPSA) is 29.3 Å². The lowest BCUT2D eigenvalue weighted by molar-refractivity contribution is 0.129. The number of piperidine rings is 1. The Balaban J connectivity index is 2.20. The number of nitrogens with zero attached hydrogens (tertiary/aromatic N) is 1. The molecule has 15 heavy (non-hydrogen) atoms. The molecule has 1 aliphatic rings. The van der Waals surface area contributed by atoms with Gasteiger partial charge in [0.25, 0.3) is 0 Å². The molecule has 2 nitrogen and oxygen atoms in total. The SMILES string of the molecule is CC(C)CCCN1CCC(C)C(CN)C1. The third kappa shape index (κ3) is 4.52. The summed E-state index contributed by atoms with van der Waals surface area (Å²) in [4.78, 5) is 2.61. The molecule has 2 heteroatoms. The van der Waals surface area contributed by atoms with Crippen LogP contribution in [0.15, 0.2) is 0 Å². The van der Waals surface area contributed by atoms with Crippen molar-refractivity contribution in [2.24, 2.45) is 23.5 Å². The van der Waals surface area contributed by atoms with Gasteiger partial charge >= 0.3 is 0 Å². The third-order valence-corrected chi connectivity index (χ3v) is 3.76. The molecule has 0 spiro atoms. The molecule has 2 N–H and O–H groups in total. The highest BCUT2D eigenvalue weighted by Gasteiger charge is 2.24. The number of rotatable bonds is 5. The van der Waals surface area contributed by atoms with E-state index in [4.69, 9.17) is 5.73 Å². The zero-order valence-electron chi connectivity index (χ0n) is 10.7. The normalized spacial score (nSPS) is 28.6. The second kappa shape index (κ2) is 6.49. The molecule has 0 aliphatic carbocycles. The molecule has 2 unspecified atom stereocenters. The summed E-state index contributed by atoms with van der Waals surface area (Å²) in [5.74, 6) is 2.41. The first-order valence-corrected chi connectivity index (χ1v) is 6.56. The van der Waals surface area contributed by atoms with Crippen LogP contribution >= 0.6 is 0 Å². The molecule has 1 fully saturated rings. The maximum atomic E-state index is 5.81. The summed E-state index contributed by atoms with van der Waals surface area (Å²) in [5.41, 5.74) is 5.81. The van der Waals surface area contributed by atoms with Crippen molar-refractivity contribution < 1.29 is 0 Å². The van der Waals surface area contributed by atoms with Crippen LogP contribution in [0.2, 0.25) is 0 Å². The Hall–Kier alpha value is -0.0800. The molecular weight excluding hydrogens is 184 g/mol. The molecule has 0 amide bonds. The second-order valence-electron chi connectivity index (χ2n) is 5.60. The van der Waals surface area contributed by atoms with Crippen molar-refractivity contribution in [3.8, 4) is 0 Å². The first-order chi connectivity index (χ1) is 7.13. The Morgan fingerprint density at radius 1 is 1.40 bits per heavy atom. The van der Waals surface area contributed by atoms with Crippen LogP contribution < -0.4 is 5.73 Å². The van der Waals surface area contributed by atoms with Gasteiger partial charge in [-0.25, -0.2) is 0 Å². The first kappa shape index (κ1) is 13.0. The van der Waals surface area contributed by atoms with E-state index in [0.29, 0.717) is 0 Å². The van der Waals surface area contributed by atoms with Crippen LogP contribution in [0.3, 0.4) is 0 Å². The van der Waals surface area contributed by atoms with Gasteiger partial charge in [-0.3, -0.25) is 0 Å². The van der Waals surface area contributed by atoms with E-state index in [1.807, 2.05) is 0 Å². The van der Waals surface area contributed by atoms with E-state index in [2.05, 4.69) is 25.7 Å². The summed E-state index contributed by atoms with van der Waals surface area (Å²) >= 11 is 0. The van der Waals surface area contributed by atoms with Crippen LogP contribution in [0, 0.1) is 17.8 Å². The predicted molar refractivity (Wildman–Crippen MR) is 66.8 cm³/mol. The maximum Gasteiger partial charge on any atom is 0.00243 e. The van der Waals surface area contributed by atoms with Crippen LogP contribution in [0.1, 0.15) is 40.0 Å². The van der Waals surface area contributed by atoms with Gasteiger partial charge in [0.15, 0.2) is 0 Å². The van der Waals surface area contributed by atoms with Crippen LogP contribution in [0.4, 0.5) is 0 Å². The fourth-order valence-electron chi connectivity index (χ4n) is 2.46. The smallest absolute Gasteiger partial charge is 0.00243 e. The maximum absolute atomic E-state index is 5.81. The zero-order chi connectivity index (χ0) is 11.3. The highest BCUT2D eigenvalue weighted by Crippen LogP contribution is 2.22. The highest BCUT2D eigenvalue weighted by molar-refractivity contribution is 4.78. The monoisotopic (exact) mass is 212 g/mol. The molecule has 0 aromatic heterocycles. The molecule has 2 atom stereocenters.